The molecule has 0 aliphatic carbocycles. The zero-order chi connectivity index (χ0) is 6.41. The van der Waals surface area contributed by atoms with E-state index in [1.165, 1.54) is 6.08 Å². The Morgan fingerprint density at radius 3 is 2.75 bits per heavy atom. The summed E-state index contributed by atoms with van der Waals surface area (Å²) in [6, 6.07) is 0. The molecule has 0 saturated heterocycles. The molecule has 0 aliphatic heterocycles. The molecule has 0 radical (unpaired) electrons. The van der Waals surface area contributed by atoms with E-state index in [0.29, 0.717) is 6.54 Å². The van der Waals surface area contributed by atoms with Gasteiger partial charge in [0.15, 0.2) is 0 Å². The molecule has 8 heavy (non-hydrogen) atoms. The van der Waals surface area contributed by atoms with E-state index in [-0.39, 0.29) is 6.29 Å². The first-order valence-corrected chi connectivity index (χ1v) is 2.15. The molecule has 3 nitrogen and oxygen atoms in total. The number of carbonyl (C=O) groups excluding carboxylic acids is 2. The molecule has 0 aromatic rings. The summed E-state index contributed by atoms with van der Waals surface area (Å²) < 4.78 is 0. The summed E-state index contributed by atoms with van der Waals surface area (Å²) in [5.74, 6) is -0.607. The molecule has 0 saturated carbocycles. The standard InChI is InChI=1S/C5H7NO2/c1-2-3-6-5(8)4-7/h2,4H,1,3H2,(H,6,8). The maximum absolute atomic E-state index is 10.0. The molecule has 0 aliphatic rings. The average Bonchev–Trinajstić information content (AvgIpc) is 1.83. The fourth-order valence-corrected chi connectivity index (χ4v) is 0.214. The Morgan fingerprint density at radius 1 is 1.75 bits per heavy atom. The van der Waals surface area contributed by atoms with Crippen LogP contribution in [0, 0.1) is 0 Å². The summed E-state index contributed by atoms with van der Waals surface area (Å²) in [7, 11) is 0. The quantitative estimate of drug-likeness (QED) is 0.304. The van der Waals surface area contributed by atoms with Crippen LogP contribution in [0.2, 0.25) is 0 Å². The summed E-state index contributed by atoms with van der Waals surface area (Å²) in [5, 5.41) is 2.26. The van der Waals surface area contributed by atoms with Crippen LogP contribution in [-0.2, 0) is 9.59 Å². The van der Waals surface area contributed by atoms with Crippen molar-refractivity contribution in [3.8, 4) is 0 Å². The first-order valence-electron chi connectivity index (χ1n) is 2.15. The fraction of sp³-hybridized carbons (Fsp3) is 0.200. The summed E-state index contributed by atoms with van der Waals surface area (Å²) in [6.45, 7) is 3.68. The highest BCUT2D eigenvalue weighted by Gasteiger charge is 1.89. The van der Waals surface area contributed by atoms with Crippen molar-refractivity contribution in [2.45, 2.75) is 0 Å². The predicted molar refractivity (Wildman–Crippen MR) is 29.3 cm³/mol. The maximum atomic E-state index is 10.0. The Labute approximate surface area is 47.4 Å². The van der Waals surface area contributed by atoms with Gasteiger partial charge in [-0.05, 0) is 0 Å². The van der Waals surface area contributed by atoms with Crippen molar-refractivity contribution in [1.82, 2.24) is 5.32 Å². The highest BCUT2D eigenvalue weighted by molar-refractivity contribution is 6.23. The number of rotatable bonds is 3. The smallest absolute Gasteiger partial charge is 0.284 e. The molecule has 0 fully saturated rings. The van der Waals surface area contributed by atoms with Crippen LogP contribution in [0.3, 0.4) is 0 Å². The van der Waals surface area contributed by atoms with Gasteiger partial charge in [0.05, 0.1) is 0 Å². The molecule has 0 spiro atoms. The van der Waals surface area contributed by atoms with E-state index >= 15 is 0 Å². The van der Waals surface area contributed by atoms with Gasteiger partial charge in [-0.1, -0.05) is 6.08 Å². The Kier molecular flexibility index (Phi) is 3.48. The van der Waals surface area contributed by atoms with E-state index in [2.05, 4.69) is 11.9 Å². The molecule has 0 unspecified atom stereocenters. The van der Waals surface area contributed by atoms with Crippen LogP contribution in [0.5, 0.6) is 0 Å². The molecule has 0 atom stereocenters. The Morgan fingerprint density at radius 2 is 2.38 bits per heavy atom. The molecule has 0 aromatic heterocycles. The van der Waals surface area contributed by atoms with E-state index in [1.807, 2.05) is 0 Å². The summed E-state index contributed by atoms with van der Waals surface area (Å²) in [6.07, 6.45) is 1.73. The van der Waals surface area contributed by atoms with Gasteiger partial charge in [0.25, 0.3) is 5.91 Å². The third-order valence-electron chi connectivity index (χ3n) is 0.528. The van der Waals surface area contributed by atoms with Crippen LogP contribution >= 0.6 is 0 Å². The SMILES string of the molecule is C=CCNC(=O)C=O. The number of amides is 1. The fourth-order valence-electron chi connectivity index (χ4n) is 0.214. The summed E-state index contributed by atoms with van der Waals surface area (Å²) in [4.78, 5) is 19.6. The lowest BCUT2D eigenvalue weighted by Crippen LogP contribution is -2.23. The van der Waals surface area contributed by atoms with Crippen molar-refractivity contribution >= 4 is 12.2 Å². The van der Waals surface area contributed by atoms with Crippen LogP contribution in [-0.4, -0.2) is 18.7 Å². The monoisotopic (exact) mass is 113 g/mol. The molecular formula is C5H7NO2. The van der Waals surface area contributed by atoms with Gasteiger partial charge in [-0.15, -0.1) is 6.58 Å². The lowest BCUT2D eigenvalue weighted by molar-refractivity contribution is -0.131. The van der Waals surface area contributed by atoms with E-state index in [0.717, 1.165) is 0 Å². The zero-order valence-electron chi connectivity index (χ0n) is 4.39. The number of hydrogen-bond donors (Lipinski definition) is 1. The lowest BCUT2D eigenvalue weighted by Gasteiger charge is -1.89. The molecule has 1 N–H and O–H groups in total. The normalized spacial score (nSPS) is 7.50. The zero-order valence-corrected chi connectivity index (χ0v) is 4.39. The van der Waals surface area contributed by atoms with Gasteiger partial charge >= 0.3 is 0 Å². The van der Waals surface area contributed by atoms with Crippen molar-refractivity contribution in [3.63, 3.8) is 0 Å². The van der Waals surface area contributed by atoms with Gasteiger partial charge in [0.2, 0.25) is 6.29 Å². The molecule has 0 rings (SSSR count). The summed E-state index contributed by atoms with van der Waals surface area (Å²) >= 11 is 0. The van der Waals surface area contributed by atoms with Gasteiger partial charge < -0.3 is 5.32 Å². The number of nitrogens with one attached hydrogen (secondary N) is 1. The van der Waals surface area contributed by atoms with Crippen LogP contribution in [0.15, 0.2) is 12.7 Å². The Hall–Kier alpha value is -1.12. The van der Waals surface area contributed by atoms with Gasteiger partial charge in [0, 0.05) is 6.54 Å². The van der Waals surface area contributed by atoms with Crippen LogP contribution in [0.1, 0.15) is 0 Å². The first kappa shape index (κ1) is 6.88. The molecule has 3 heteroatoms. The third-order valence-corrected chi connectivity index (χ3v) is 0.528. The minimum atomic E-state index is -0.607. The Balaban J connectivity index is 3.24. The van der Waals surface area contributed by atoms with Crippen molar-refractivity contribution in [2.75, 3.05) is 6.54 Å². The molecular weight excluding hydrogens is 106 g/mol. The highest BCUT2D eigenvalue weighted by atomic mass is 16.2. The molecule has 0 heterocycles. The third kappa shape index (κ3) is 3.08. The molecule has 0 aromatic carbocycles. The van der Waals surface area contributed by atoms with Crippen molar-refractivity contribution < 1.29 is 9.59 Å². The second-order valence-corrected chi connectivity index (χ2v) is 1.15. The minimum Gasteiger partial charge on any atom is -0.346 e. The van der Waals surface area contributed by atoms with Crippen LogP contribution in [0.25, 0.3) is 0 Å². The van der Waals surface area contributed by atoms with E-state index < -0.39 is 5.91 Å². The maximum Gasteiger partial charge on any atom is 0.284 e. The number of carbonyl (C=O) groups is 2. The Bertz CT molecular complexity index is 109. The second-order valence-electron chi connectivity index (χ2n) is 1.15. The average molecular weight is 113 g/mol. The van der Waals surface area contributed by atoms with Crippen LogP contribution in [0.4, 0.5) is 0 Å². The van der Waals surface area contributed by atoms with E-state index in [1.54, 1.807) is 0 Å². The second kappa shape index (κ2) is 4.05. The van der Waals surface area contributed by atoms with Gasteiger partial charge in [0.1, 0.15) is 0 Å². The highest BCUT2D eigenvalue weighted by Crippen LogP contribution is 1.58. The topological polar surface area (TPSA) is 46.2 Å². The lowest BCUT2D eigenvalue weighted by atomic mass is 10.6. The largest absolute Gasteiger partial charge is 0.346 e. The number of hydrogen-bond acceptors (Lipinski definition) is 2. The molecule has 1 amide bonds. The predicted octanol–water partition coefficient (Wildman–Crippen LogP) is -0.513. The number of aldehydes is 1. The van der Waals surface area contributed by atoms with Crippen molar-refractivity contribution in [2.24, 2.45) is 0 Å². The van der Waals surface area contributed by atoms with E-state index in [4.69, 9.17) is 0 Å². The summed E-state index contributed by atoms with van der Waals surface area (Å²) in [5.41, 5.74) is 0. The minimum absolute atomic E-state index is 0.226. The molecule has 44 valence electrons. The van der Waals surface area contributed by atoms with Crippen LogP contribution < -0.4 is 5.32 Å². The van der Waals surface area contributed by atoms with Crippen molar-refractivity contribution in [3.05, 3.63) is 12.7 Å². The first-order chi connectivity index (χ1) is 3.81. The van der Waals surface area contributed by atoms with Gasteiger partial charge in [-0.2, -0.15) is 0 Å². The van der Waals surface area contributed by atoms with Gasteiger partial charge in [-0.3, -0.25) is 9.59 Å². The van der Waals surface area contributed by atoms with Crippen molar-refractivity contribution in [1.29, 1.82) is 0 Å². The molecule has 0 bridgehead atoms. The van der Waals surface area contributed by atoms with Gasteiger partial charge in [-0.25, -0.2) is 0 Å². The van der Waals surface area contributed by atoms with E-state index in [9.17, 15) is 9.59 Å².